The molecule has 0 spiro atoms. The number of nitrogens with one attached hydrogen (secondary N) is 1. The highest BCUT2D eigenvalue weighted by atomic mass is 16.2. The molecule has 142 valence electrons. The summed E-state index contributed by atoms with van der Waals surface area (Å²) in [5.41, 5.74) is 7.20. The fraction of sp³-hybridized carbons (Fsp3) is 0.368. The van der Waals surface area contributed by atoms with E-state index in [9.17, 15) is 9.59 Å². The van der Waals surface area contributed by atoms with Gasteiger partial charge in [-0.05, 0) is 23.8 Å². The average molecular weight is 368 g/mol. The van der Waals surface area contributed by atoms with Crippen molar-refractivity contribution in [2.24, 2.45) is 0 Å². The monoisotopic (exact) mass is 368 g/mol. The average Bonchev–Trinajstić information content (AvgIpc) is 2.70. The van der Waals surface area contributed by atoms with E-state index >= 15 is 0 Å². The molecular weight excluding hydrogens is 344 g/mol. The largest absolute Gasteiger partial charge is 0.399 e. The number of carbonyl (C=O) groups is 2. The second-order valence-electron chi connectivity index (χ2n) is 6.43. The number of carbonyl (C=O) groups excluding carboxylic acids is 2. The summed E-state index contributed by atoms with van der Waals surface area (Å²) in [5, 5.41) is 2.80. The van der Waals surface area contributed by atoms with E-state index in [4.69, 9.17) is 5.73 Å². The van der Waals surface area contributed by atoms with E-state index in [-0.39, 0.29) is 18.2 Å². The number of hydrogen-bond acceptors (Lipinski definition) is 6. The van der Waals surface area contributed by atoms with Crippen LogP contribution in [0.3, 0.4) is 0 Å². The molecule has 1 saturated heterocycles. The first kappa shape index (κ1) is 18.6. The zero-order valence-corrected chi connectivity index (χ0v) is 15.2. The van der Waals surface area contributed by atoms with Crippen LogP contribution in [-0.4, -0.2) is 59.4 Å². The molecular formula is C19H24N6O2. The smallest absolute Gasteiger partial charge is 0.225 e. The van der Waals surface area contributed by atoms with Gasteiger partial charge >= 0.3 is 0 Å². The Balaban J connectivity index is 1.36. The molecule has 3 rings (SSSR count). The van der Waals surface area contributed by atoms with Gasteiger partial charge in [-0.1, -0.05) is 12.1 Å². The van der Waals surface area contributed by atoms with E-state index in [1.807, 2.05) is 17.0 Å². The lowest BCUT2D eigenvalue weighted by molar-refractivity contribution is -0.131. The Hall–Kier alpha value is -3.16. The van der Waals surface area contributed by atoms with Gasteiger partial charge in [-0.3, -0.25) is 9.59 Å². The number of amides is 2. The van der Waals surface area contributed by atoms with E-state index in [2.05, 4.69) is 20.2 Å². The summed E-state index contributed by atoms with van der Waals surface area (Å²) in [6.45, 7) is 3.03. The van der Waals surface area contributed by atoms with Crippen LogP contribution in [0, 0.1) is 0 Å². The summed E-state index contributed by atoms with van der Waals surface area (Å²) in [5.74, 6) is 0.648. The molecule has 1 aliphatic heterocycles. The van der Waals surface area contributed by atoms with Crippen molar-refractivity contribution in [1.82, 2.24) is 20.2 Å². The van der Waals surface area contributed by atoms with Gasteiger partial charge in [0.15, 0.2) is 0 Å². The number of rotatable bonds is 6. The summed E-state index contributed by atoms with van der Waals surface area (Å²) in [6, 6.07) is 8.98. The second kappa shape index (κ2) is 8.98. The third-order valence-corrected chi connectivity index (χ3v) is 4.47. The van der Waals surface area contributed by atoms with Crippen molar-refractivity contribution in [1.29, 1.82) is 0 Å². The predicted molar refractivity (Wildman–Crippen MR) is 103 cm³/mol. The van der Waals surface area contributed by atoms with Gasteiger partial charge in [0, 0.05) is 57.2 Å². The maximum Gasteiger partial charge on any atom is 0.225 e. The van der Waals surface area contributed by atoms with Crippen LogP contribution in [0.5, 0.6) is 0 Å². The number of nitrogens with two attached hydrogens (primary N) is 1. The Morgan fingerprint density at radius 1 is 1.04 bits per heavy atom. The highest BCUT2D eigenvalue weighted by Gasteiger charge is 2.22. The number of anilines is 2. The van der Waals surface area contributed by atoms with Gasteiger partial charge in [0.25, 0.3) is 0 Å². The van der Waals surface area contributed by atoms with Crippen molar-refractivity contribution in [2.75, 3.05) is 43.4 Å². The van der Waals surface area contributed by atoms with E-state index in [0.717, 1.165) is 5.56 Å². The van der Waals surface area contributed by atoms with Crippen LogP contribution in [-0.2, 0) is 16.0 Å². The van der Waals surface area contributed by atoms with Crippen LogP contribution < -0.4 is 16.0 Å². The molecule has 2 heterocycles. The van der Waals surface area contributed by atoms with E-state index in [0.29, 0.717) is 50.8 Å². The zero-order valence-electron chi connectivity index (χ0n) is 15.2. The SMILES string of the molecule is Nc1ccc(CC(=O)NCCC(=O)N2CCN(c3ncccn3)CC2)cc1. The quantitative estimate of drug-likeness (QED) is 0.718. The number of nitrogens with zero attached hydrogens (tertiary/aromatic N) is 4. The van der Waals surface area contributed by atoms with Crippen molar-refractivity contribution in [3.8, 4) is 0 Å². The molecule has 1 fully saturated rings. The molecule has 1 aromatic carbocycles. The lowest BCUT2D eigenvalue weighted by atomic mass is 10.1. The summed E-state index contributed by atoms with van der Waals surface area (Å²) in [6.07, 6.45) is 4.01. The van der Waals surface area contributed by atoms with Crippen LogP contribution >= 0.6 is 0 Å². The summed E-state index contributed by atoms with van der Waals surface area (Å²) >= 11 is 0. The first-order valence-electron chi connectivity index (χ1n) is 9.02. The fourth-order valence-electron chi connectivity index (χ4n) is 2.96. The van der Waals surface area contributed by atoms with Crippen LogP contribution in [0.25, 0.3) is 0 Å². The minimum Gasteiger partial charge on any atom is -0.399 e. The van der Waals surface area contributed by atoms with Crippen LogP contribution in [0.1, 0.15) is 12.0 Å². The standard InChI is InChI=1S/C19H24N6O2/c20-16-4-2-15(3-5-16)14-17(26)21-9-6-18(27)24-10-12-25(13-11-24)19-22-7-1-8-23-19/h1-5,7-8H,6,9-14,20H2,(H,21,26). The first-order chi connectivity index (χ1) is 13.1. The number of aromatic nitrogens is 2. The Morgan fingerprint density at radius 2 is 1.70 bits per heavy atom. The Kier molecular flexibility index (Phi) is 6.19. The van der Waals surface area contributed by atoms with Gasteiger partial charge in [0.1, 0.15) is 0 Å². The van der Waals surface area contributed by atoms with Crippen molar-refractivity contribution in [3.63, 3.8) is 0 Å². The van der Waals surface area contributed by atoms with Crippen molar-refractivity contribution in [2.45, 2.75) is 12.8 Å². The minimum absolute atomic E-state index is 0.0522. The predicted octanol–water partition coefficient (Wildman–Crippen LogP) is 0.456. The van der Waals surface area contributed by atoms with Crippen molar-refractivity contribution >= 4 is 23.5 Å². The topological polar surface area (TPSA) is 104 Å². The molecule has 2 aromatic rings. The molecule has 8 nitrogen and oxygen atoms in total. The number of piperazine rings is 1. The molecule has 0 saturated carbocycles. The molecule has 2 amide bonds. The number of hydrogen-bond donors (Lipinski definition) is 2. The Labute approximate surface area is 158 Å². The van der Waals surface area contributed by atoms with Gasteiger partial charge in [0.2, 0.25) is 17.8 Å². The molecule has 8 heteroatoms. The van der Waals surface area contributed by atoms with Gasteiger partial charge in [0.05, 0.1) is 6.42 Å². The minimum atomic E-state index is -0.0985. The lowest BCUT2D eigenvalue weighted by Crippen LogP contribution is -2.49. The maximum atomic E-state index is 12.3. The molecule has 0 bridgehead atoms. The summed E-state index contributed by atoms with van der Waals surface area (Å²) in [4.78, 5) is 36.7. The summed E-state index contributed by atoms with van der Waals surface area (Å²) in [7, 11) is 0. The van der Waals surface area contributed by atoms with Crippen LogP contribution in [0.15, 0.2) is 42.7 Å². The second-order valence-corrected chi connectivity index (χ2v) is 6.43. The Morgan fingerprint density at radius 3 is 2.37 bits per heavy atom. The van der Waals surface area contributed by atoms with E-state index < -0.39 is 0 Å². The lowest BCUT2D eigenvalue weighted by Gasteiger charge is -2.34. The molecule has 0 atom stereocenters. The van der Waals surface area contributed by atoms with E-state index in [1.165, 1.54) is 0 Å². The van der Waals surface area contributed by atoms with Gasteiger partial charge in [-0.25, -0.2) is 9.97 Å². The summed E-state index contributed by atoms with van der Waals surface area (Å²) < 4.78 is 0. The van der Waals surface area contributed by atoms with Gasteiger partial charge < -0.3 is 20.9 Å². The van der Waals surface area contributed by atoms with Crippen LogP contribution in [0.4, 0.5) is 11.6 Å². The molecule has 0 aliphatic carbocycles. The molecule has 27 heavy (non-hydrogen) atoms. The molecule has 0 unspecified atom stereocenters. The molecule has 3 N–H and O–H groups in total. The fourth-order valence-corrected chi connectivity index (χ4v) is 2.96. The third-order valence-electron chi connectivity index (χ3n) is 4.47. The molecule has 1 aromatic heterocycles. The number of nitrogen functional groups attached to an aromatic ring is 1. The normalized spacial score (nSPS) is 14.1. The van der Waals surface area contributed by atoms with Crippen molar-refractivity contribution < 1.29 is 9.59 Å². The van der Waals surface area contributed by atoms with Crippen LogP contribution in [0.2, 0.25) is 0 Å². The Bertz CT molecular complexity index is 758. The van der Waals surface area contributed by atoms with Gasteiger partial charge in [-0.2, -0.15) is 0 Å². The zero-order chi connectivity index (χ0) is 19.1. The first-order valence-corrected chi connectivity index (χ1v) is 9.02. The number of benzene rings is 1. The highest BCUT2D eigenvalue weighted by Crippen LogP contribution is 2.10. The highest BCUT2D eigenvalue weighted by molar-refractivity contribution is 5.80. The molecule has 0 radical (unpaired) electrons. The van der Waals surface area contributed by atoms with Gasteiger partial charge in [-0.15, -0.1) is 0 Å². The van der Waals surface area contributed by atoms with E-state index in [1.54, 1.807) is 30.6 Å². The van der Waals surface area contributed by atoms with Crippen molar-refractivity contribution in [3.05, 3.63) is 48.3 Å². The maximum absolute atomic E-state index is 12.3. The molecule has 1 aliphatic rings. The third kappa shape index (κ3) is 5.40.